The normalized spacial score (nSPS) is 14.3. The monoisotopic (exact) mass is 217 g/mol. The number of nitrogens with one attached hydrogen (secondary N) is 1. The number of carbonyl (C=O) groups is 1. The largest absolute Gasteiger partial charge is 0.391 e. The van der Waals surface area contributed by atoms with Crippen molar-refractivity contribution in [2.24, 2.45) is 5.73 Å². The van der Waals surface area contributed by atoms with E-state index in [0.717, 1.165) is 0 Å². The fourth-order valence-electron chi connectivity index (χ4n) is 0.799. The Bertz CT molecular complexity index is 232. The van der Waals surface area contributed by atoms with E-state index in [9.17, 15) is 4.79 Å². The third-order valence-corrected chi connectivity index (χ3v) is 2.91. The molecule has 0 aliphatic carbocycles. The van der Waals surface area contributed by atoms with E-state index in [0.29, 0.717) is 18.0 Å². The van der Waals surface area contributed by atoms with Crippen LogP contribution in [0.4, 0.5) is 4.79 Å². The van der Waals surface area contributed by atoms with E-state index in [1.807, 2.05) is 20.8 Å². The van der Waals surface area contributed by atoms with Crippen LogP contribution in [-0.2, 0) is 0 Å². The molecular weight excluding hydrogens is 198 g/mol. The highest BCUT2D eigenvalue weighted by molar-refractivity contribution is 7.80. The Labute approximate surface area is 90.8 Å². The molecule has 0 spiro atoms. The minimum Gasteiger partial charge on any atom is -0.391 e. The molecule has 0 heterocycles. The summed E-state index contributed by atoms with van der Waals surface area (Å²) < 4.78 is 0. The van der Waals surface area contributed by atoms with Crippen LogP contribution in [0.25, 0.3) is 0 Å². The molecule has 0 bridgehead atoms. The van der Waals surface area contributed by atoms with Gasteiger partial charge in [-0.25, -0.2) is 4.79 Å². The Morgan fingerprint density at radius 2 is 2.07 bits per heavy atom. The standard InChI is InChI=1S/C9H19N3OS/c1-5-9(3,7(10)14)11-8(13)12(4)6-2/h5-6H2,1-4H3,(H2,10,14)(H,11,13). The first-order valence-electron chi connectivity index (χ1n) is 4.70. The lowest BCUT2D eigenvalue weighted by Gasteiger charge is -2.30. The van der Waals surface area contributed by atoms with Gasteiger partial charge in [-0.3, -0.25) is 0 Å². The highest BCUT2D eigenvalue weighted by Crippen LogP contribution is 2.09. The van der Waals surface area contributed by atoms with Crippen LogP contribution in [0.5, 0.6) is 0 Å². The van der Waals surface area contributed by atoms with Crippen molar-refractivity contribution in [3.8, 4) is 0 Å². The van der Waals surface area contributed by atoms with Crippen LogP contribution in [0.15, 0.2) is 0 Å². The van der Waals surface area contributed by atoms with E-state index in [4.69, 9.17) is 18.0 Å². The minimum atomic E-state index is -0.587. The summed E-state index contributed by atoms with van der Waals surface area (Å²) in [6.07, 6.45) is 0.686. The van der Waals surface area contributed by atoms with Gasteiger partial charge in [-0.1, -0.05) is 19.1 Å². The molecule has 0 aromatic heterocycles. The van der Waals surface area contributed by atoms with Gasteiger partial charge >= 0.3 is 6.03 Å². The molecule has 0 aromatic carbocycles. The minimum absolute atomic E-state index is 0.148. The summed E-state index contributed by atoms with van der Waals surface area (Å²) in [5.41, 5.74) is 4.98. The van der Waals surface area contributed by atoms with E-state index in [1.54, 1.807) is 11.9 Å². The number of hydrogen-bond donors (Lipinski definition) is 2. The summed E-state index contributed by atoms with van der Waals surface area (Å²) >= 11 is 4.92. The summed E-state index contributed by atoms with van der Waals surface area (Å²) in [5, 5.41) is 2.81. The average molecular weight is 217 g/mol. The molecule has 0 aliphatic heterocycles. The molecule has 82 valence electrons. The number of rotatable bonds is 4. The van der Waals surface area contributed by atoms with Gasteiger partial charge in [0.15, 0.2) is 0 Å². The highest BCUT2D eigenvalue weighted by Gasteiger charge is 2.28. The second-order valence-corrected chi connectivity index (χ2v) is 3.93. The van der Waals surface area contributed by atoms with E-state index in [2.05, 4.69) is 5.32 Å². The zero-order valence-electron chi connectivity index (χ0n) is 9.26. The third kappa shape index (κ3) is 3.14. The van der Waals surface area contributed by atoms with E-state index < -0.39 is 5.54 Å². The topological polar surface area (TPSA) is 58.4 Å². The molecule has 5 heteroatoms. The molecule has 1 atom stereocenters. The number of carbonyl (C=O) groups excluding carboxylic acids is 1. The summed E-state index contributed by atoms with van der Waals surface area (Å²) in [5.74, 6) is 0. The first kappa shape index (κ1) is 13.2. The van der Waals surface area contributed by atoms with Crippen molar-refractivity contribution in [2.75, 3.05) is 13.6 Å². The SMILES string of the molecule is CCN(C)C(=O)NC(C)(CC)C(N)=S. The second-order valence-electron chi connectivity index (χ2n) is 3.49. The number of amides is 2. The van der Waals surface area contributed by atoms with Crippen LogP contribution in [0.2, 0.25) is 0 Å². The molecule has 0 saturated heterocycles. The lowest BCUT2D eigenvalue weighted by molar-refractivity contribution is 0.203. The van der Waals surface area contributed by atoms with Crippen LogP contribution < -0.4 is 11.1 Å². The molecule has 0 fully saturated rings. The Balaban J connectivity index is 4.47. The first-order valence-corrected chi connectivity index (χ1v) is 5.11. The van der Waals surface area contributed by atoms with E-state index in [1.165, 1.54) is 0 Å². The van der Waals surface area contributed by atoms with E-state index >= 15 is 0 Å². The number of hydrogen-bond acceptors (Lipinski definition) is 2. The molecule has 3 N–H and O–H groups in total. The van der Waals surface area contributed by atoms with Gasteiger partial charge in [0.2, 0.25) is 0 Å². The van der Waals surface area contributed by atoms with Gasteiger partial charge in [-0.2, -0.15) is 0 Å². The fraction of sp³-hybridized carbons (Fsp3) is 0.778. The molecule has 0 rings (SSSR count). The second kappa shape index (κ2) is 5.14. The maximum atomic E-state index is 11.6. The first-order chi connectivity index (χ1) is 6.37. The fourth-order valence-corrected chi connectivity index (χ4v) is 0.995. The van der Waals surface area contributed by atoms with Gasteiger partial charge in [0.1, 0.15) is 0 Å². The van der Waals surface area contributed by atoms with Crippen LogP contribution in [0.3, 0.4) is 0 Å². The predicted octanol–water partition coefficient (Wildman–Crippen LogP) is 1.10. The van der Waals surface area contributed by atoms with Gasteiger partial charge in [0.05, 0.1) is 10.5 Å². The summed E-state index contributed by atoms with van der Waals surface area (Å²) in [6.45, 7) is 6.33. The van der Waals surface area contributed by atoms with Gasteiger partial charge < -0.3 is 16.0 Å². The van der Waals surface area contributed by atoms with Gasteiger partial charge in [0.25, 0.3) is 0 Å². The molecule has 4 nitrogen and oxygen atoms in total. The number of urea groups is 1. The van der Waals surface area contributed by atoms with Crippen molar-refractivity contribution in [3.63, 3.8) is 0 Å². The van der Waals surface area contributed by atoms with Gasteiger partial charge in [0, 0.05) is 13.6 Å². The Morgan fingerprint density at radius 1 is 1.57 bits per heavy atom. The lowest BCUT2D eigenvalue weighted by atomic mass is 9.99. The Hall–Kier alpha value is -0.840. The van der Waals surface area contributed by atoms with Crippen molar-refractivity contribution < 1.29 is 4.79 Å². The van der Waals surface area contributed by atoms with Crippen LogP contribution in [0.1, 0.15) is 27.2 Å². The smallest absolute Gasteiger partial charge is 0.317 e. The maximum Gasteiger partial charge on any atom is 0.317 e. The van der Waals surface area contributed by atoms with Crippen LogP contribution >= 0.6 is 12.2 Å². The summed E-state index contributed by atoms with van der Waals surface area (Å²) in [7, 11) is 1.73. The molecule has 2 amide bonds. The lowest BCUT2D eigenvalue weighted by Crippen LogP contribution is -2.56. The van der Waals surface area contributed by atoms with Crippen LogP contribution in [-0.4, -0.2) is 35.1 Å². The predicted molar refractivity (Wildman–Crippen MR) is 62.3 cm³/mol. The molecule has 0 aromatic rings. The number of nitrogens with two attached hydrogens (primary N) is 1. The molecular formula is C9H19N3OS. The number of nitrogens with zero attached hydrogens (tertiary/aromatic N) is 1. The molecule has 0 saturated carbocycles. The zero-order valence-corrected chi connectivity index (χ0v) is 10.1. The van der Waals surface area contributed by atoms with Crippen molar-refractivity contribution in [3.05, 3.63) is 0 Å². The third-order valence-electron chi connectivity index (χ3n) is 2.45. The van der Waals surface area contributed by atoms with Crippen molar-refractivity contribution in [1.29, 1.82) is 0 Å². The highest BCUT2D eigenvalue weighted by atomic mass is 32.1. The zero-order chi connectivity index (χ0) is 11.4. The van der Waals surface area contributed by atoms with Crippen molar-refractivity contribution in [1.82, 2.24) is 10.2 Å². The summed E-state index contributed by atoms with van der Waals surface area (Å²) in [4.78, 5) is 13.4. The van der Waals surface area contributed by atoms with Crippen molar-refractivity contribution in [2.45, 2.75) is 32.7 Å². The quantitative estimate of drug-likeness (QED) is 0.693. The van der Waals surface area contributed by atoms with E-state index in [-0.39, 0.29) is 6.03 Å². The number of thiocarbonyl (C=S) groups is 1. The van der Waals surface area contributed by atoms with Gasteiger partial charge in [-0.05, 0) is 20.3 Å². The Morgan fingerprint density at radius 3 is 2.36 bits per heavy atom. The average Bonchev–Trinajstić information content (AvgIpc) is 2.15. The summed E-state index contributed by atoms with van der Waals surface area (Å²) in [6, 6.07) is -0.148. The van der Waals surface area contributed by atoms with Gasteiger partial charge in [-0.15, -0.1) is 0 Å². The maximum absolute atomic E-state index is 11.6. The Kier molecular flexibility index (Phi) is 4.83. The molecule has 0 aliphatic rings. The molecule has 0 radical (unpaired) electrons. The van der Waals surface area contributed by atoms with Crippen molar-refractivity contribution >= 4 is 23.2 Å². The van der Waals surface area contributed by atoms with Crippen LogP contribution in [0, 0.1) is 0 Å². The molecule has 14 heavy (non-hydrogen) atoms. The molecule has 1 unspecified atom stereocenters.